The summed E-state index contributed by atoms with van der Waals surface area (Å²) in [6.45, 7) is 0. The van der Waals surface area contributed by atoms with Gasteiger partial charge in [0.15, 0.2) is 5.82 Å². The Labute approximate surface area is 161 Å². The molecule has 0 saturated carbocycles. The molecule has 0 spiro atoms. The molecule has 2 heterocycles. The number of nitrogens with one attached hydrogen (secondary N) is 1. The monoisotopic (exact) mass is 379 g/mol. The van der Waals surface area contributed by atoms with Crippen LogP contribution in [0.15, 0.2) is 48.7 Å². The molecule has 0 bridgehead atoms. The first-order valence-corrected chi connectivity index (χ1v) is 9.23. The predicted octanol–water partition coefficient (Wildman–Crippen LogP) is 4.02. The van der Waals surface area contributed by atoms with Gasteiger partial charge < -0.3 is 5.32 Å². The SMILES string of the molecule is O=C1CCc2cc(Cc3ncc(F)c(CCc4ccc(F)cc4)n3)ccc2N1. The Bertz CT molecular complexity index is 1020. The van der Waals surface area contributed by atoms with Gasteiger partial charge in [-0.3, -0.25) is 4.79 Å². The second kappa shape index (κ2) is 7.84. The number of rotatable bonds is 5. The number of hydrogen-bond acceptors (Lipinski definition) is 3. The molecule has 1 aliphatic rings. The van der Waals surface area contributed by atoms with Crippen LogP contribution in [-0.2, 0) is 30.5 Å². The molecule has 1 amide bonds. The lowest BCUT2D eigenvalue weighted by molar-refractivity contribution is -0.116. The molecule has 1 aliphatic heterocycles. The molecule has 28 heavy (non-hydrogen) atoms. The highest BCUT2D eigenvalue weighted by molar-refractivity contribution is 5.93. The number of halogens is 2. The third kappa shape index (κ3) is 4.22. The Morgan fingerprint density at radius 2 is 1.75 bits per heavy atom. The number of hydrogen-bond donors (Lipinski definition) is 1. The zero-order valence-corrected chi connectivity index (χ0v) is 15.2. The van der Waals surface area contributed by atoms with E-state index in [4.69, 9.17) is 0 Å². The third-order valence-electron chi connectivity index (χ3n) is 4.86. The van der Waals surface area contributed by atoms with Gasteiger partial charge in [-0.05, 0) is 54.2 Å². The van der Waals surface area contributed by atoms with Crippen LogP contribution in [0.5, 0.6) is 0 Å². The maximum absolute atomic E-state index is 14.1. The van der Waals surface area contributed by atoms with Gasteiger partial charge in [-0.15, -0.1) is 0 Å². The number of carbonyl (C=O) groups excluding carboxylic acids is 1. The highest BCUT2D eigenvalue weighted by atomic mass is 19.1. The summed E-state index contributed by atoms with van der Waals surface area (Å²) in [5, 5.41) is 2.86. The average Bonchev–Trinajstić information content (AvgIpc) is 2.70. The number of anilines is 1. The van der Waals surface area contributed by atoms with Crippen molar-refractivity contribution >= 4 is 11.6 Å². The molecule has 3 aromatic rings. The van der Waals surface area contributed by atoms with Gasteiger partial charge in [0.1, 0.15) is 11.6 Å². The number of amides is 1. The first-order valence-electron chi connectivity index (χ1n) is 9.23. The summed E-state index contributed by atoms with van der Waals surface area (Å²) in [6.07, 6.45) is 3.89. The van der Waals surface area contributed by atoms with E-state index in [9.17, 15) is 13.6 Å². The maximum atomic E-state index is 14.1. The Kier molecular flexibility index (Phi) is 5.10. The lowest BCUT2D eigenvalue weighted by Crippen LogP contribution is -2.19. The largest absolute Gasteiger partial charge is 0.326 e. The lowest BCUT2D eigenvalue weighted by Gasteiger charge is -2.17. The molecule has 1 aromatic heterocycles. The van der Waals surface area contributed by atoms with E-state index in [1.165, 1.54) is 18.3 Å². The lowest BCUT2D eigenvalue weighted by atomic mass is 9.99. The van der Waals surface area contributed by atoms with E-state index in [0.29, 0.717) is 43.6 Å². The number of nitrogens with zero attached hydrogens (tertiary/aromatic N) is 2. The Balaban J connectivity index is 1.47. The minimum absolute atomic E-state index is 0.0351. The van der Waals surface area contributed by atoms with Crippen molar-refractivity contribution in [2.24, 2.45) is 0 Å². The Hall–Kier alpha value is -3.15. The molecule has 142 valence electrons. The quantitative estimate of drug-likeness (QED) is 0.729. The zero-order chi connectivity index (χ0) is 19.5. The van der Waals surface area contributed by atoms with Gasteiger partial charge in [0.2, 0.25) is 5.91 Å². The number of fused-ring (bicyclic) bond motifs is 1. The van der Waals surface area contributed by atoms with E-state index >= 15 is 0 Å². The van der Waals surface area contributed by atoms with Gasteiger partial charge in [-0.1, -0.05) is 24.3 Å². The van der Waals surface area contributed by atoms with Gasteiger partial charge in [0.05, 0.1) is 11.9 Å². The maximum Gasteiger partial charge on any atom is 0.224 e. The fraction of sp³-hybridized carbons (Fsp3) is 0.227. The van der Waals surface area contributed by atoms with Gasteiger partial charge in [0.25, 0.3) is 0 Å². The van der Waals surface area contributed by atoms with Gasteiger partial charge in [0, 0.05) is 18.5 Å². The fourth-order valence-corrected chi connectivity index (χ4v) is 3.35. The van der Waals surface area contributed by atoms with E-state index in [1.807, 2.05) is 18.2 Å². The number of aryl methyl sites for hydroxylation is 3. The summed E-state index contributed by atoms with van der Waals surface area (Å²) in [6, 6.07) is 12.0. The molecule has 0 unspecified atom stereocenters. The minimum Gasteiger partial charge on any atom is -0.326 e. The van der Waals surface area contributed by atoms with E-state index < -0.39 is 5.82 Å². The van der Waals surface area contributed by atoms with Crippen molar-refractivity contribution < 1.29 is 13.6 Å². The molecule has 2 aromatic carbocycles. The Morgan fingerprint density at radius 3 is 2.57 bits per heavy atom. The van der Waals surface area contributed by atoms with Crippen molar-refractivity contribution in [3.63, 3.8) is 0 Å². The van der Waals surface area contributed by atoms with Gasteiger partial charge in [-0.25, -0.2) is 18.7 Å². The fourth-order valence-electron chi connectivity index (χ4n) is 3.35. The molecule has 4 rings (SSSR count). The smallest absolute Gasteiger partial charge is 0.224 e. The van der Waals surface area contributed by atoms with E-state index in [2.05, 4.69) is 15.3 Å². The summed E-state index contributed by atoms with van der Waals surface area (Å²) >= 11 is 0. The molecule has 1 N–H and O–H groups in total. The molecular formula is C22H19F2N3O. The van der Waals surface area contributed by atoms with Crippen molar-refractivity contribution in [1.29, 1.82) is 0 Å². The van der Waals surface area contributed by atoms with Crippen molar-refractivity contribution in [2.75, 3.05) is 5.32 Å². The van der Waals surface area contributed by atoms with E-state index in [1.54, 1.807) is 12.1 Å². The van der Waals surface area contributed by atoms with Crippen LogP contribution in [0.4, 0.5) is 14.5 Å². The standard InChI is InChI=1S/C22H19F2N3O/c23-17-6-1-14(2-7-17)3-9-20-18(24)13-25-21(26-20)12-15-4-8-19-16(11-15)5-10-22(28)27-19/h1-2,4,6-8,11,13H,3,5,9-10,12H2,(H,27,28). The van der Waals surface area contributed by atoms with Crippen LogP contribution < -0.4 is 5.32 Å². The number of carbonyl (C=O) groups is 1. The van der Waals surface area contributed by atoms with E-state index in [-0.39, 0.29) is 11.7 Å². The first kappa shape index (κ1) is 18.2. The van der Waals surface area contributed by atoms with Crippen LogP contribution in [0.1, 0.15) is 34.6 Å². The first-order chi connectivity index (χ1) is 13.6. The van der Waals surface area contributed by atoms with Crippen LogP contribution >= 0.6 is 0 Å². The summed E-state index contributed by atoms with van der Waals surface area (Å²) in [5.74, 6) is -0.133. The van der Waals surface area contributed by atoms with Crippen molar-refractivity contribution in [3.05, 3.63) is 88.5 Å². The second-order valence-corrected chi connectivity index (χ2v) is 6.92. The minimum atomic E-state index is -0.431. The van der Waals surface area contributed by atoms with Crippen LogP contribution in [0.2, 0.25) is 0 Å². The normalized spacial score (nSPS) is 13.1. The zero-order valence-electron chi connectivity index (χ0n) is 15.2. The molecule has 6 heteroatoms. The molecule has 4 nitrogen and oxygen atoms in total. The van der Waals surface area contributed by atoms with Crippen LogP contribution in [0, 0.1) is 11.6 Å². The van der Waals surface area contributed by atoms with Gasteiger partial charge in [-0.2, -0.15) is 0 Å². The van der Waals surface area contributed by atoms with Crippen LogP contribution in [0.25, 0.3) is 0 Å². The highest BCUT2D eigenvalue weighted by Gasteiger charge is 2.15. The van der Waals surface area contributed by atoms with E-state index in [0.717, 1.165) is 22.4 Å². The van der Waals surface area contributed by atoms with Crippen molar-refractivity contribution in [3.8, 4) is 0 Å². The number of aromatic nitrogens is 2. The third-order valence-corrected chi connectivity index (χ3v) is 4.86. The molecule has 0 saturated heterocycles. The molecule has 0 aliphatic carbocycles. The highest BCUT2D eigenvalue weighted by Crippen LogP contribution is 2.24. The predicted molar refractivity (Wildman–Crippen MR) is 102 cm³/mol. The molecule has 0 atom stereocenters. The van der Waals surface area contributed by atoms with Crippen LogP contribution in [0.3, 0.4) is 0 Å². The van der Waals surface area contributed by atoms with Gasteiger partial charge >= 0.3 is 0 Å². The summed E-state index contributed by atoms with van der Waals surface area (Å²) in [5.41, 5.74) is 4.25. The average molecular weight is 379 g/mol. The summed E-state index contributed by atoms with van der Waals surface area (Å²) in [4.78, 5) is 20.0. The summed E-state index contributed by atoms with van der Waals surface area (Å²) < 4.78 is 27.1. The molecule has 0 radical (unpaired) electrons. The molecular weight excluding hydrogens is 360 g/mol. The van der Waals surface area contributed by atoms with Crippen molar-refractivity contribution in [1.82, 2.24) is 9.97 Å². The number of benzene rings is 2. The van der Waals surface area contributed by atoms with Crippen LogP contribution in [-0.4, -0.2) is 15.9 Å². The molecule has 0 fully saturated rings. The topological polar surface area (TPSA) is 54.9 Å². The summed E-state index contributed by atoms with van der Waals surface area (Å²) in [7, 11) is 0. The second-order valence-electron chi connectivity index (χ2n) is 6.92. The Morgan fingerprint density at radius 1 is 0.964 bits per heavy atom. The van der Waals surface area contributed by atoms with Crippen molar-refractivity contribution in [2.45, 2.75) is 32.1 Å².